The number of aromatic nitrogens is 1. The number of nitrogens with zero attached hydrogens (tertiary/aromatic N) is 1. The number of halogens is 2. The minimum absolute atomic E-state index is 0.0839. The Morgan fingerprint density at radius 1 is 1.15 bits per heavy atom. The molecule has 26 heavy (non-hydrogen) atoms. The number of hydrogen-bond donors (Lipinski definition) is 3. The number of nitrogens with one attached hydrogen (secondary N) is 3. The fourth-order valence-corrected chi connectivity index (χ4v) is 3.40. The van der Waals surface area contributed by atoms with Crippen LogP contribution in [-0.2, 0) is 4.79 Å². The highest BCUT2D eigenvalue weighted by Crippen LogP contribution is 2.34. The largest absolute Gasteiger partial charge is 0.326 e. The lowest BCUT2D eigenvalue weighted by atomic mass is 10.0. The van der Waals surface area contributed by atoms with Crippen LogP contribution in [0.3, 0.4) is 0 Å². The van der Waals surface area contributed by atoms with Crippen molar-refractivity contribution < 1.29 is 9.59 Å². The Kier molecular flexibility index (Phi) is 6.08. The maximum atomic E-state index is 12.2. The van der Waals surface area contributed by atoms with Crippen molar-refractivity contribution in [2.45, 2.75) is 12.8 Å². The van der Waals surface area contributed by atoms with Crippen molar-refractivity contribution in [2.75, 3.05) is 23.7 Å². The van der Waals surface area contributed by atoms with Gasteiger partial charge in [0.05, 0.1) is 15.7 Å². The Bertz CT molecular complexity index is 785. The zero-order chi connectivity index (χ0) is 18.5. The summed E-state index contributed by atoms with van der Waals surface area (Å²) in [5.74, 6) is -0.0824. The molecule has 1 aliphatic rings. The molecule has 136 valence electrons. The van der Waals surface area contributed by atoms with Crippen LogP contribution in [0.2, 0.25) is 10.0 Å². The summed E-state index contributed by atoms with van der Waals surface area (Å²) in [7, 11) is 0. The number of benzene rings is 1. The van der Waals surface area contributed by atoms with E-state index in [2.05, 4.69) is 20.9 Å². The van der Waals surface area contributed by atoms with Crippen molar-refractivity contribution in [3.63, 3.8) is 0 Å². The van der Waals surface area contributed by atoms with Crippen molar-refractivity contribution >= 4 is 46.4 Å². The molecule has 1 aromatic carbocycles. The fraction of sp³-hybridized carbons (Fsp3) is 0.278. The van der Waals surface area contributed by atoms with Crippen molar-refractivity contribution in [1.82, 2.24) is 10.3 Å². The number of rotatable bonds is 5. The van der Waals surface area contributed by atoms with Crippen LogP contribution < -0.4 is 16.0 Å². The maximum Gasteiger partial charge on any atom is 0.255 e. The average molecular weight is 393 g/mol. The number of anilines is 2. The third-order valence-electron chi connectivity index (χ3n) is 4.14. The summed E-state index contributed by atoms with van der Waals surface area (Å²) < 4.78 is 0. The quantitative estimate of drug-likeness (QED) is 0.725. The van der Waals surface area contributed by atoms with E-state index in [-0.39, 0.29) is 21.9 Å². The van der Waals surface area contributed by atoms with Crippen molar-refractivity contribution in [2.24, 2.45) is 5.92 Å². The van der Waals surface area contributed by atoms with Gasteiger partial charge < -0.3 is 16.0 Å². The van der Waals surface area contributed by atoms with Crippen LogP contribution in [0.1, 0.15) is 23.2 Å². The molecule has 1 aromatic heterocycles. The Hall–Kier alpha value is -2.15. The molecule has 3 rings (SSSR count). The van der Waals surface area contributed by atoms with Crippen LogP contribution in [-0.4, -0.2) is 29.9 Å². The van der Waals surface area contributed by atoms with Gasteiger partial charge in [0.1, 0.15) is 0 Å². The second-order valence-electron chi connectivity index (χ2n) is 6.12. The van der Waals surface area contributed by atoms with E-state index < -0.39 is 0 Å². The van der Waals surface area contributed by atoms with Gasteiger partial charge in [0.15, 0.2) is 0 Å². The molecule has 8 heteroatoms. The van der Waals surface area contributed by atoms with E-state index in [1.807, 2.05) is 0 Å². The molecule has 0 saturated carbocycles. The maximum absolute atomic E-state index is 12.2. The van der Waals surface area contributed by atoms with E-state index in [1.165, 1.54) is 12.4 Å². The summed E-state index contributed by atoms with van der Waals surface area (Å²) >= 11 is 12.5. The van der Waals surface area contributed by atoms with Crippen molar-refractivity contribution in [1.29, 1.82) is 0 Å². The first kappa shape index (κ1) is 18.6. The van der Waals surface area contributed by atoms with Crippen LogP contribution in [0, 0.1) is 5.92 Å². The Balaban J connectivity index is 1.67. The molecule has 3 N–H and O–H groups in total. The van der Waals surface area contributed by atoms with Gasteiger partial charge in [-0.15, -0.1) is 0 Å². The van der Waals surface area contributed by atoms with Crippen LogP contribution in [0.5, 0.6) is 0 Å². The van der Waals surface area contributed by atoms with Gasteiger partial charge in [-0.05, 0) is 49.7 Å². The summed E-state index contributed by atoms with van der Waals surface area (Å²) in [6.45, 7) is 1.80. The highest BCUT2D eigenvalue weighted by Gasteiger charge is 2.19. The zero-order valence-corrected chi connectivity index (χ0v) is 15.4. The Labute approximate surface area is 161 Å². The van der Waals surface area contributed by atoms with E-state index in [4.69, 9.17) is 23.2 Å². The van der Waals surface area contributed by atoms with Crippen LogP contribution in [0.25, 0.3) is 0 Å². The first-order chi connectivity index (χ1) is 12.5. The second kappa shape index (κ2) is 8.49. The van der Waals surface area contributed by atoms with Crippen molar-refractivity contribution in [3.05, 3.63) is 52.3 Å². The molecular weight excluding hydrogens is 375 g/mol. The van der Waals surface area contributed by atoms with E-state index in [9.17, 15) is 9.59 Å². The first-order valence-electron chi connectivity index (χ1n) is 8.24. The predicted octanol–water partition coefficient (Wildman–Crippen LogP) is 3.58. The van der Waals surface area contributed by atoms with E-state index in [0.29, 0.717) is 29.3 Å². The summed E-state index contributed by atoms with van der Waals surface area (Å²) in [6.07, 6.45) is 4.49. The lowest BCUT2D eigenvalue weighted by Gasteiger charge is -2.13. The monoisotopic (exact) mass is 392 g/mol. The number of pyridine rings is 1. The SMILES string of the molecule is O=C(C[C@H]1CCNC1)Nc1cc(Cl)c(NC(=O)c2ccncc2)c(Cl)c1. The molecule has 2 amide bonds. The molecule has 2 heterocycles. The van der Waals surface area contributed by atoms with Crippen LogP contribution in [0.4, 0.5) is 11.4 Å². The Morgan fingerprint density at radius 3 is 2.46 bits per heavy atom. The number of carbonyl (C=O) groups is 2. The average Bonchev–Trinajstić information content (AvgIpc) is 3.11. The van der Waals surface area contributed by atoms with E-state index in [0.717, 1.165) is 19.5 Å². The topological polar surface area (TPSA) is 83.1 Å². The van der Waals surface area contributed by atoms with E-state index >= 15 is 0 Å². The second-order valence-corrected chi connectivity index (χ2v) is 6.93. The normalized spacial score (nSPS) is 16.3. The van der Waals surface area contributed by atoms with Gasteiger partial charge >= 0.3 is 0 Å². The van der Waals surface area contributed by atoms with Gasteiger partial charge in [0.25, 0.3) is 5.91 Å². The molecular formula is C18H18Cl2N4O2. The molecule has 0 unspecified atom stereocenters. The molecule has 2 aromatic rings. The van der Waals surface area contributed by atoms with Crippen LogP contribution in [0.15, 0.2) is 36.7 Å². The predicted molar refractivity (Wildman–Crippen MR) is 103 cm³/mol. The van der Waals surface area contributed by atoms with Gasteiger partial charge in [0.2, 0.25) is 5.91 Å². The fourth-order valence-electron chi connectivity index (χ4n) is 2.82. The number of carbonyl (C=O) groups excluding carboxylic acids is 2. The van der Waals surface area contributed by atoms with Gasteiger partial charge in [0, 0.05) is 30.1 Å². The van der Waals surface area contributed by atoms with Gasteiger partial charge in [-0.2, -0.15) is 0 Å². The summed E-state index contributed by atoms with van der Waals surface area (Å²) in [4.78, 5) is 28.3. The smallest absolute Gasteiger partial charge is 0.255 e. The first-order valence-corrected chi connectivity index (χ1v) is 8.99. The van der Waals surface area contributed by atoms with Gasteiger partial charge in [-0.3, -0.25) is 14.6 Å². The molecule has 0 aliphatic carbocycles. The Morgan fingerprint density at radius 2 is 1.85 bits per heavy atom. The highest BCUT2D eigenvalue weighted by molar-refractivity contribution is 6.40. The number of hydrogen-bond acceptors (Lipinski definition) is 4. The molecule has 6 nitrogen and oxygen atoms in total. The standard InChI is InChI=1S/C18H18Cl2N4O2/c19-14-8-13(23-16(25)7-11-1-4-22-10-11)9-15(20)17(14)24-18(26)12-2-5-21-6-3-12/h2-3,5-6,8-9,11,22H,1,4,7,10H2,(H,23,25)(H,24,26)/t11-/m1/s1. The third kappa shape index (κ3) is 4.72. The zero-order valence-electron chi connectivity index (χ0n) is 13.9. The molecule has 1 atom stereocenters. The van der Waals surface area contributed by atoms with E-state index in [1.54, 1.807) is 24.3 Å². The summed E-state index contributed by atoms with van der Waals surface area (Å²) in [6, 6.07) is 6.31. The van der Waals surface area contributed by atoms with Crippen molar-refractivity contribution in [3.8, 4) is 0 Å². The molecule has 1 fully saturated rings. The molecule has 0 radical (unpaired) electrons. The molecule has 1 saturated heterocycles. The lowest BCUT2D eigenvalue weighted by Crippen LogP contribution is -2.18. The minimum atomic E-state index is -0.346. The van der Waals surface area contributed by atoms with Gasteiger partial charge in [-0.1, -0.05) is 23.2 Å². The molecule has 0 bridgehead atoms. The summed E-state index contributed by atoms with van der Waals surface area (Å²) in [5.41, 5.74) is 1.24. The number of amides is 2. The minimum Gasteiger partial charge on any atom is -0.326 e. The molecule has 0 spiro atoms. The highest BCUT2D eigenvalue weighted by atomic mass is 35.5. The lowest BCUT2D eigenvalue weighted by molar-refractivity contribution is -0.116. The summed E-state index contributed by atoms with van der Waals surface area (Å²) in [5, 5.41) is 9.22. The molecule has 1 aliphatic heterocycles. The van der Waals surface area contributed by atoms with Gasteiger partial charge in [-0.25, -0.2) is 0 Å². The van der Waals surface area contributed by atoms with Crippen LogP contribution >= 0.6 is 23.2 Å². The third-order valence-corrected chi connectivity index (χ3v) is 4.74.